The number of carbonyl (C=O) groups excluding carboxylic acids is 1. The molecular weight excluding hydrogens is 340 g/mol. The van der Waals surface area contributed by atoms with E-state index in [4.69, 9.17) is 0 Å². The van der Waals surface area contributed by atoms with Gasteiger partial charge in [0, 0.05) is 44.1 Å². The predicted molar refractivity (Wildman–Crippen MR) is 104 cm³/mol. The highest BCUT2D eigenvalue weighted by atomic mass is 16.2. The Bertz CT molecular complexity index is 944. The zero-order valence-corrected chi connectivity index (χ0v) is 15.8. The molecule has 140 valence electrons. The third kappa shape index (κ3) is 3.42. The topological polar surface area (TPSA) is 66.6 Å². The van der Waals surface area contributed by atoms with Crippen LogP contribution in [-0.4, -0.2) is 68.0 Å². The Labute approximate surface area is 158 Å². The smallest absolute Gasteiger partial charge is 0.272 e. The first kappa shape index (κ1) is 17.6. The fourth-order valence-corrected chi connectivity index (χ4v) is 3.47. The summed E-state index contributed by atoms with van der Waals surface area (Å²) in [5, 5.41) is 4.65. The van der Waals surface area contributed by atoms with Gasteiger partial charge >= 0.3 is 0 Å². The number of piperazine rings is 1. The van der Waals surface area contributed by atoms with Gasteiger partial charge < -0.3 is 9.80 Å². The van der Waals surface area contributed by atoms with Crippen LogP contribution in [0.5, 0.6) is 0 Å². The number of aryl methyl sites for hydroxylation is 1. The maximum atomic E-state index is 13.0. The van der Waals surface area contributed by atoms with Crippen molar-refractivity contribution >= 4 is 11.6 Å². The van der Waals surface area contributed by atoms with Crippen LogP contribution in [0, 0.1) is 0 Å². The van der Waals surface area contributed by atoms with Gasteiger partial charge in [-0.25, -0.2) is 9.50 Å². The van der Waals surface area contributed by atoms with E-state index in [0.29, 0.717) is 11.3 Å². The Morgan fingerprint density at radius 3 is 2.56 bits per heavy atom. The highest BCUT2D eigenvalue weighted by Gasteiger charge is 2.23. The number of rotatable bonds is 4. The van der Waals surface area contributed by atoms with Crippen LogP contribution in [0.2, 0.25) is 0 Å². The molecule has 0 spiro atoms. The third-order valence-electron chi connectivity index (χ3n) is 5.12. The summed E-state index contributed by atoms with van der Waals surface area (Å²) in [4.78, 5) is 26.2. The molecule has 1 aliphatic heterocycles. The summed E-state index contributed by atoms with van der Waals surface area (Å²) in [6.45, 7) is 8.57. The molecule has 0 bridgehead atoms. The zero-order valence-electron chi connectivity index (χ0n) is 15.8. The summed E-state index contributed by atoms with van der Waals surface area (Å²) in [7, 11) is 0. The normalized spacial score (nSPS) is 15.4. The molecule has 0 aliphatic carbocycles. The van der Waals surface area contributed by atoms with Crippen LogP contribution in [0.1, 0.15) is 30.0 Å². The molecule has 4 rings (SSSR count). The number of amides is 1. The molecule has 3 aromatic heterocycles. The first-order valence-corrected chi connectivity index (χ1v) is 9.52. The fourth-order valence-electron chi connectivity index (χ4n) is 3.47. The number of carbonyl (C=O) groups is 1. The van der Waals surface area contributed by atoms with E-state index in [2.05, 4.69) is 33.8 Å². The van der Waals surface area contributed by atoms with Gasteiger partial charge in [0.15, 0.2) is 5.65 Å². The maximum absolute atomic E-state index is 13.0. The van der Waals surface area contributed by atoms with Crippen LogP contribution < -0.4 is 0 Å². The van der Waals surface area contributed by atoms with E-state index < -0.39 is 0 Å². The van der Waals surface area contributed by atoms with E-state index in [1.807, 2.05) is 39.7 Å². The van der Waals surface area contributed by atoms with Gasteiger partial charge in [-0.05, 0) is 31.2 Å². The van der Waals surface area contributed by atoms with Gasteiger partial charge in [-0.15, -0.1) is 0 Å². The molecule has 7 nitrogen and oxygen atoms in total. The van der Waals surface area contributed by atoms with Gasteiger partial charge in [-0.1, -0.05) is 19.9 Å². The maximum Gasteiger partial charge on any atom is 0.272 e. The van der Waals surface area contributed by atoms with Crippen molar-refractivity contribution in [3.63, 3.8) is 0 Å². The van der Waals surface area contributed by atoms with Crippen molar-refractivity contribution in [2.75, 3.05) is 32.7 Å². The lowest BCUT2D eigenvalue weighted by molar-refractivity contribution is 0.0637. The molecular formula is C20H24N6O. The van der Waals surface area contributed by atoms with Gasteiger partial charge in [0.1, 0.15) is 11.4 Å². The standard InChI is InChI=1S/C20H24N6O/c1-3-15-13-18(20(27)25-11-9-24(4-2)10-12-25)22-19-14-17(23-26(15)19)16-7-5-6-8-21-16/h5-8,13-14H,3-4,9-12H2,1-2H3. The Hall–Kier alpha value is -2.80. The van der Waals surface area contributed by atoms with Gasteiger partial charge in [0.05, 0.1) is 5.69 Å². The minimum Gasteiger partial charge on any atom is -0.335 e. The van der Waals surface area contributed by atoms with Crippen LogP contribution in [-0.2, 0) is 6.42 Å². The van der Waals surface area contributed by atoms with E-state index in [1.54, 1.807) is 6.20 Å². The Kier molecular flexibility index (Phi) is 4.85. The van der Waals surface area contributed by atoms with E-state index in [0.717, 1.165) is 56.2 Å². The summed E-state index contributed by atoms with van der Waals surface area (Å²) in [5.41, 5.74) is 3.72. The number of nitrogens with zero attached hydrogens (tertiary/aromatic N) is 6. The lowest BCUT2D eigenvalue weighted by Crippen LogP contribution is -2.48. The summed E-state index contributed by atoms with van der Waals surface area (Å²) < 4.78 is 1.82. The predicted octanol–water partition coefficient (Wildman–Crippen LogP) is 2.13. The van der Waals surface area contributed by atoms with Crippen LogP contribution in [0.3, 0.4) is 0 Å². The SMILES string of the molecule is CCc1cc(C(=O)N2CCN(CC)CC2)nc2cc(-c3ccccn3)nn12. The molecule has 4 heterocycles. The van der Waals surface area contributed by atoms with E-state index in [-0.39, 0.29) is 5.91 Å². The number of hydrogen-bond donors (Lipinski definition) is 0. The van der Waals surface area contributed by atoms with Crippen molar-refractivity contribution in [3.05, 3.63) is 47.9 Å². The van der Waals surface area contributed by atoms with Crippen molar-refractivity contribution in [3.8, 4) is 11.4 Å². The summed E-state index contributed by atoms with van der Waals surface area (Å²) in [5.74, 6) is 0.00328. The number of hydrogen-bond acceptors (Lipinski definition) is 5. The van der Waals surface area contributed by atoms with Crippen molar-refractivity contribution < 1.29 is 4.79 Å². The Balaban J connectivity index is 1.67. The molecule has 1 amide bonds. The van der Waals surface area contributed by atoms with Crippen molar-refractivity contribution in [2.24, 2.45) is 0 Å². The van der Waals surface area contributed by atoms with Crippen LogP contribution in [0.15, 0.2) is 36.5 Å². The molecule has 0 radical (unpaired) electrons. The van der Waals surface area contributed by atoms with Crippen LogP contribution in [0.4, 0.5) is 0 Å². The summed E-state index contributed by atoms with van der Waals surface area (Å²) >= 11 is 0. The average Bonchev–Trinajstić information content (AvgIpc) is 3.17. The molecule has 3 aromatic rings. The second kappa shape index (κ2) is 7.44. The minimum absolute atomic E-state index is 0.00328. The van der Waals surface area contributed by atoms with Crippen LogP contribution in [0.25, 0.3) is 17.0 Å². The fraction of sp³-hybridized carbons (Fsp3) is 0.400. The molecule has 0 saturated carbocycles. The molecule has 7 heteroatoms. The van der Waals surface area contributed by atoms with Gasteiger partial charge in [-0.3, -0.25) is 9.78 Å². The highest BCUT2D eigenvalue weighted by Crippen LogP contribution is 2.19. The largest absolute Gasteiger partial charge is 0.335 e. The van der Waals surface area contributed by atoms with Crippen molar-refractivity contribution in [1.82, 2.24) is 29.4 Å². The molecule has 0 N–H and O–H groups in total. The lowest BCUT2D eigenvalue weighted by Gasteiger charge is -2.33. The first-order valence-electron chi connectivity index (χ1n) is 9.52. The molecule has 27 heavy (non-hydrogen) atoms. The van der Waals surface area contributed by atoms with Crippen LogP contribution >= 0.6 is 0 Å². The number of likely N-dealkylation sites (N-methyl/N-ethyl adjacent to an activating group) is 1. The highest BCUT2D eigenvalue weighted by molar-refractivity contribution is 5.93. The van der Waals surface area contributed by atoms with Crippen molar-refractivity contribution in [1.29, 1.82) is 0 Å². The van der Waals surface area contributed by atoms with E-state index >= 15 is 0 Å². The molecule has 1 aliphatic rings. The zero-order chi connectivity index (χ0) is 18.8. The third-order valence-corrected chi connectivity index (χ3v) is 5.12. The van der Waals surface area contributed by atoms with Gasteiger partial charge in [-0.2, -0.15) is 5.10 Å². The molecule has 0 atom stereocenters. The second-order valence-corrected chi connectivity index (χ2v) is 6.73. The summed E-state index contributed by atoms with van der Waals surface area (Å²) in [6, 6.07) is 9.51. The minimum atomic E-state index is 0.00328. The van der Waals surface area contributed by atoms with Gasteiger partial charge in [0.25, 0.3) is 5.91 Å². The Morgan fingerprint density at radius 1 is 1.07 bits per heavy atom. The molecule has 0 unspecified atom stereocenters. The first-order chi connectivity index (χ1) is 13.2. The number of pyridine rings is 1. The second-order valence-electron chi connectivity index (χ2n) is 6.73. The molecule has 0 aromatic carbocycles. The Morgan fingerprint density at radius 2 is 1.89 bits per heavy atom. The van der Waals surface area contributed by atoms with Crippen molar-refractivity contribution in [2.45, 2.75) is 20.3 Å². The van der Waals surface area contributed by atoms with E-state index in [1.165, 1.54) is 0 Å². The van der Waals surface area contributed by atoms with E-state index in [9.17, 15) is 4.79 Å². The lowest BCUT2D eigenvalue weighted by atomic mass is 10.2. The number of aromatic nitrogens is 4. The van der Waals surface area contributed by atoms with Gasteiger partial charge in [0.2, 0.25) is 0 Å². The molecule has 1 saturated heterocycles. The quantitative estimate of drug-likeness (QED) is 0.709. The average molecular weight is 364 g/mol. The number of fused-ring (bicyclic) bond motifs is 1. The monoisotopic (exact) mass is 364 g/mol. The summed E-state index contributed by atoms with van der Waals surface area (Å²) in [6.07, 6.45) is 2.52. The molecule has 1 fully saturated rings.